The molecule has 27 heavy (non-hydrogen) atoms. The molecule has 4 rings (SSSR count). The highest BCUT2D eigenvalue weighted by molar-refractivity contribution is 9.10. The van der Waals surface area contributed by atoms with Gasteiger partial charge in [-0.25, -0.2) is 4.98 Å². The highest BCUT2D eigenvalue weighted by Gasteiger charge is 2.27. The van der Waals surface area contributed by atoms with Crippen molar-refractivity contribution in [2.75, 3.05) is 26.3 Å². The summed E-state index contributed by atoms with van der Waals surface area (Å²) in [5, 5.41) is 0. The van der Waals surface area contributed by atoms with Crippen LogP contribution in [0.3, 0.4) is 0 Å². The van der Waals surface area contributed by atoms with Gasteiger partial charge in [-0.05, 0) is 40.5 Å². The zero-order valence-corrected chi connectivity index (χ0v) is 16.3. The molecule has 1 aromatic carbocycles. The molecule has 0 N–H and O–H groups in total. The Hall–Kier alpha value is -2.25. The lowest BCUT2D eigenvalue weighted by atomic mass is 10.1. The highest BCUT2D eigenvalue weighted by Crippen LogP contribution is 2.30. The largest absolute Gasteiger partial charge is 0.491 e. The fourth-order valence-corrected chi connectivity index (χ4v) is 3.81. The average Bonchev–Trinajstić information content (AvgIpc) is 3.08. The number of benzene rings is 1. The molecule has 1 atom stereocenters. The number of hydrogen-bond acceptors (Lipinski definition) is 5. The second-order valence-electron chi connectivity index (χ2n) is 6.61. The van der Waals surface area contributed by atoms with Gasteiger partial charge in [-0.3, -0.25) is 9.59 Å². The molecule has 0 spiro atoms. The van der Waals surface area contributed by atoms with Crippen LogP contribution in [-0.4, -0.2) is 54.0 Å². The van der Waals surface area contributed by atoms with Crippen molar-refractivity contribution in [3.05, 3.63) is 57.8 Å². The van der Waals surface area contributed by atoms with Crippen LogP contribution in [-0.2, 0) is 11.2 Å². The van der Waals surface area contributed by atoms with Crippen LogP contribution in [0.4, 0.5) is 0 Å². The van der Waals surface area contributed by atoms with Crippen molar-refractivity contribution in [3.63, 3.8) is 0 Å². The molecule has 0 radical (unpaired) electrons. The second-order valence-corrected chi connectivity index (χ2v) is 7.42. The first-order valence-electron chi connectivity index (χ1n) is 8.93. The number of halogens is 1. The van der Waals surface area contributed by atoms with Gasteiger partial charge in [0.25, 0.3) is 5.91 Å². The van der Waals surface area contributed by atoms with E-state index >= 15 is 0 Å². The summed E-state index contributed by atoms with van der Waals surface area (Å²) < 4.78 is 12.3. The number of ether oxygens (including phenoxy) is 2. The van der Waals surface area contributed by atoms with Gasteiger partial charge >= 0.3 is 0 Å². The zero-order chi connectivity index (χ0) is 18.8. The van der Waals surface area contributed by atoms with Crippen LogP contribution in [0.15, 0.2) is 41.0 Å². The van der Waals surface area contributed by atoms with Crippen LogP contribution >= 0.6 is 15.9 Å². The average molecular weight is 431 g/mol. The SMILES string of the molecule is O=C1CCc2c(OCC3CN(C(=O)c4cccc(Br)n4)CCO3)cccc21. The number of morpholine rings is 1. The molecule has 1 aromatic heterocycles. The summed E-state index contributed by atoms with van der Waals surface area (Å²) in [7, 11) is 0. The van der Waals surface area contributed by atoms with E-state index in [4.69, 9.17) is 9.47 Å². The minimum atomic E-state index is -0.220. The summed E-state index contributed by atoms with van der Waals surface area (Å²) in [6, 6.07) is 10.9. The standard InChI is InChI=1S/C20H19BrN2O4/c21-19-6-2-4-16(22-19)20(25)23-9-10-26-13(11-23)12-27-18-5-1-3-14-15(18)7-8-17(14)24/h1-6,13H,7-12H2. The lowest BCUT2D eigenvalue weighted by Crippen LogP contribution is -2.47. The molecule has 1 fully saturated rings. The predicted molar refractivity (Wildman–Crippen MR) is 102 cm³/mol. The van der Waals surface area contributed by atoms with Gasteiger partial charge < -0.3 is 14.4 Å². The van der Waals surface area contributed by atoms with E-state index < -0.39 is 0 Å². The van der Waals surface area contributed by atoms with Crippen LogP contribution in [0.1, 0.15) is 32.8 Å². The van der Waals surface area contributed by atoms with Gasteiger partial charge in [0.1, 0.15) is 28.8 Å². The normalized spacial score (nSPS) is 19.1. The van der Waals surface area contributed by atoms with Gasteiger partial charge in [0, 0.05) is 24.1 Å². The molecule has 2 aromatic rings. The Balaban J connectivity index is 1.40. The van der Waals surface area contributed by atoms with E-state index in [0.29, 0.717) is 43.0 Å². The number of hydrogen-bond donors (Lipinski definition) is 0. The van der Waals surface area contributed by atoms with Gasteiger partial charge in [0.15, 0.2) is 5.78 Å². The van der Waals surface area contributed by atoms with Gasteiger partial charge in [0.2, 0.25) is 0 Å². The summed E-state index contributed by atoms with van der Waals surface area (Å²) in [6.45, 7) is 1.76. The fourth-order valence-electron chi connectivity index (χ4n) is 3.47. The van der Waals surface area contributed by atoms with Crippen molar-refractivity contribution in [2.45, 2.75) is 18.9 Å². The molecular weight excluding hydrogens is 412 g/mol. The van der Waals surface area contributed by atoms with Crippen molar-refractivity contribution in [3.8, 4) is 5.75 Å². The number of pyridine rings is 1. The number of carbonyl (C=O) groups excluding carboxylic acids is 2. The van der Waals surface area contributed by atoms with Gasteiger partial charge in [-0.1, -0.05) is 18.2 Å². The lowest BCUT2D eigenvalue weighted by molar-refractivity contribution is -0.0403. The molecule has 1 unspecified atom stereocenters. The quantitative estimate of drug-likeness (QED) is 0.697. The minimum absolute atomic E-state index is 0.115. The van der Waals surface area contributed by atoms with Crippen molar-refractivity contribution < 1.29 is 19.1 Å². The molecule has 1 aliphatic heterocycles. The van der Waals surface area contributed by atoms with Crippen LogP contribution in [0, 0.1) is 0 Å². The number of ketones is 1. The summed E-state index contributed by atoms with van der Waals surface area (Å²) in [4.78, 5) is 30.5. The van der Waals surface area contributed by atoms with Crippen molar-refractivity contribution in [1.29, 1.82) is 0 Å². The van der Waals surface area contributed by atoms with E-state index in [-0.39, 0.29) is 17.8 Å². The van der Waals surface area contributed by atoms with E-state index in [2.05, 4.69) is 20.9 Å². The molecular formula is C20H19BrN2O4. The number of carbonyl (C=O) groups is 2. The Morgan fingerprint density at radius 2 is 2.11 bits per heavy atom. The Labute approximate surface area is 165 Å². The fraction of sp³-hybridized carbons (Fsp3) is 0.350. The number of fused-ring (bicyclic) bond motifs is 1. The zero-order valence-electron chi connectivity index (χ0n) is 14.7. The molecule has 0 bridgehead atoms. The first-order chi connectivity index (χ1) is 13.1. The van der Waals surface area contributed by atoms with E-state index in [1.54, 1.807) is 23.1 Å². The molecule has 7 heteroatoms. The van der Waals surface area contributed by atoms with Crippen molar-refractivity contribution >= 4 is 27.6 Å². The first kappa shape index (κ1) is 18.1. The van der Waals surface area contributed by atoms with E-state index in [1.807, 2.05) is 18.2 Å². The monoisotopic (exact) mass is 430 g/mol. The third kappa shape index (κ3) is 3.89. The first-order valence-corrected chi connectivity index (χ1v) is 9.72. The Bertz CT molecular complexity index is 886. The maximum absolute atomic E-state index is 12.7. The van der Waals surface area contributed by atoms with Crippen LogP contribution < -0.4 is 4.74 Å². The Morgan fingerprint density at radius 3 is 2.96 bits per heavy atom. The van der Waals surface area contributed by atoms with Gasteiger partial charge in [-0.2, -0.15) is 0 Å². The molecule has 1 aliphatic carbocycles. The predicted octanol–water partition coefficient (Wildman–Crippen LogP) is 2.89. The summed E-state index contributed by atoms with van der Waals surface area (Å²) in [5.41, 5.74) is 2.14. The summed E-state index contributed by atoms with van der Waals surface area (Å²) in [5.74, 6) is 0.789. The van der Waals surface area contributed by atoms with Gasteiger partial charge in [-0.15, -0.1) is 0 Å². The van der Waals surface area contributed by atoms with Crippen LogP contribution in [0.2, 0.25) is 0 Å². The van der Waals surface area contributed by atoms with E-state index in [1.165, 1.54) is 0 Å². The van der Waals surface area contributed by atoms with E-state index in [0.717, 1.165) is 23.3 Å². The molecule has 6 nitrogen and oxygen atoms in total. The number of amides is 1. The highest BCUT2D eigenvalue weighted by atomic mass is 79.9. The maximum atomic E-state index is 12.7. The minimum Gasteiger partial charge on any atom is -0.491 e. The number of rotatable bonds is 4. The smallest absolute Gasteiger partial charge is 0.272 e. The van der Waals surface area contributed by atoms with Crippen LogP contribution in [0.5, 0.6) is 5.75 Å². The topological polar surface area (TPSA) is 68.7 Å². The van der Waals surface area contributed by atoms with Crippen molar-refractivity contribution in [1.82, 2.24) is 9.88 Å². The summed E-state index contributed by atoms with van der Waals surface area (Å²) in [6.07, 6.45) is 1.04. The van der Waals surface area contributed by atoms with Crippen molar-refractivity contribution in [2.24, 2.45) is 0 Å². The molecule has 140 valence electrons. The van der Waals surface area contributed by atoms with Crippen LogP contribution in [0.25, 0.3) is 0 Å². The molecule has 0 saturated carbocycles. The third-order valence-electron chi connectivity index (χ3n) is 4.82. The molecule has 2 heterocycles. The Morgan fingerprint density at radius 1 is 1.26 bits per heavy atom. The molecule has 1 amide bonds. The number of nitrogens with zero attached hydrogens (tertiary/aromatic N) is 2. The number of aromatic nitrogens is 1. The third-order valence-corrected chi connectivity index (χ3v) is 5.26. The Kier molecular flexibility index (Phi) is 5.22. The van der Waals surface area contributed by atoms with Gasteiger partial charge in [0.05, 0.1) is 13.2 Å². The maximum Gasteiger partial charge on any atom is 0.272 e. The summed E-state index contributed by atoms with van der Waals surface area (Å²) >= 11 is 3.30. The number of Topliss-reactive ketones (excluding diaryl/α,β-unsaturated/α-hetero) is 1. The molecule has 2 aliphatic rings. The molecule has 1 saturated heterocycles. The second kappa shape index (κ2) is 7.78. The van der Waals surface area contributed by atoms with E-state index in [9.17, 15) is 9.59 Å². The lowest BCUT2D eigenvalue weighted by Gasteiger charge is -2.32.